The van der Waals surface area contributed by atoms with Gasteiger partial charge in [0, 0.05) is 17.8 Å². The summed E-state index contributed by atoms with van der Waals surface area (Å²) < 4.78 is 13.6. The van der Waals surface area contributed by atoms with Crippen molar-refractivity contribution >= 4 is 17.7 Å². The van der Waals surface area contributed by atoms with Crippen LogP contribution in [-0.2, 0) is 11.2 Å². The maximum absolute atomic E-state index is 13.6. The van der Waals surface area contributed by atoms with Crippen LogP contribution in [0, 0.1) is 12.7 Å². The summed E-state index contributed by atoms with van der Waals surface area (Å²) in [7, 11) is 0. The summed E-state index contributed by atoms with van der Waals surface area (Å²) in [6.45, 7) is 2.30. The lowest BCUT2D eigenvalue weighted by atomic mass is 10.1. The highest BCUT2D eigenvalue weighted by Crippen LogP contribution is 2.21. The number of carbonyl (C=O) groups is 1. The molecule has 0 saturated heterocycles. The molecule has 0 unspecified atom stereocenters. The first-order chi connectivity index (χ1) is 13.1. The zero-order valence-corrected chi connectivity index (χ0v) is 15.8. The second-order valence-corrected chi connectivity index (χ2v) is 6.97. The van der Waals surface area contributed by atoms with Crippen LogP contribution < -0.4 is 5.32 Å². The van der Waals surface area contributed by atoms with Crippen LogP contribution in [-0.4, -0.2) is 28.2 Å². The van der Waals surface area contributed by atoms with Crippen LogP contribution >= 0.6 is 11.8 Å². The van der Waals surface area contributed by atoms with Gasteiger partial charge in [-0.2, -0.15) is 0 Å². The summed E-state index contributed by atoms with van der Waals surface area (Å²) in [6.07, 6.45) is 0.460. The molecule has 2 aromatic carbocycles. The number of halogens is 1. The fourth-order valence-corrected chi connectivity index (χ4v) is 3.32. The van der Waals surface area contributed by atoms with Gasteiger partial charge >= 0.3 is 0 Å². The summed E-state index contributed by atoms with van der Waals surface area (Å²) in [4.78, 5) is 21.0. The van der Waals surface area contributed by atoms with Crippen LogP contribution in [0.3, 0.4) is 0 Å². The van der Waals surface area contributed by atoms with Crippen molar-refractivity contribution in [3.05, 3.63) is 77.7 Å². The standard InChI is InChI=1S/C21H20FN3OS/c1-15-13-19(17-8-3-2-4-9-17)25-21(24-15)27-14-20(26)23-12-11-16-7-5-6-10-18(16)22/h2-10,13H,11-12,14H2,1H3,(H,23,26). The third-order valence-corrected chi connectivity index (χ3v) is 4.76. The first kappa shape index (κ1) is 19.0. The molecule has 0 saturated carbocycles. The molecule has 1 heterocycles. The van der Waals surface area contributed by atoms with E-state index in [1.807, 2.05) is 43.3 Å². The Morgan fingerprint density at radius 2 is 1.81 bits per heavy atom. The van der Waals surface area contributed by atoms with Crippen molar-refractivity contribution in [1.29, 1.82) is 0 Å². The molecule has 0 aliphatic heterocycles. The summed E-state index contributed by atoms with van der Waals surface area (Å²) in [5.74, 6) is -0.153. The minimum Gasteiger partial charge on any atom is -0.355 e. The number of benzene rings is 2. The van der Waals surface area contributed by atoms with Crippen molar-refractivity contribution in [2.24, 2.45) is 0 Å². The Morgan fingerprint density at radius 1 is 1.07 bits per heavy atom. The van der Waals surface area contributed by atoms with Crippen molar-refractivity contribution in [2.75, 3.05) is 12.3 Å². The number of carbonyl (C=O) groups excluding carboxylic acids is 1. The zero-order valence-electron chi connectivity index (χ0n) is 15.0. The second-order valence-electron chi connectivity index (χ2n) is 6.02. The van der Waals surface area contributed by atoms with Gasteiger partial charge in [-0.25, -0.2) is 14.4 Å². The monoisotopic (exact) mass is 381 g/mol. The Bertz CT molecular complexity index is 918. The third-order valence-electron chi connectivity index (χ3n) is 3.91. The minimum absolute atomic E-state index is 0.122. The molecular formula is C21H20FN3OS. The van der Waals surface area contributed by atoms with Gasteiger partial charge in [-0.3, -0.25) is 4.79 Å². The van der Waals surface area contributed by atoms with E-state index < -0.39 is 0 Å². The van der Waals surface area contributed by atoms with E-state index >= 15 is 0 Å². The normalized spacial score (nSPS) is 10.6. The number of hydrogen-bond acceptors (Lipinski definition) is 4. The van der Waals surface area contributed by atoms with Gasteiger partial charge in [-0.15, -0.1) is 0 Å². The lowest BCUT2D eigenvalue weighted by Crippen LogP contribution is -2.27. The molecule has 0 aliphatic rings. The number of hydrogen-bond donors (Lipinski definition) is 1. The largest absolute Gasteiger partial charge is 0.355 e. The highest BCUT2D eigenvalue weighted by atomic mass is 32.2. The summed E-state index contributed by atoms with van der Waals surface area (Å²) >= 11 is 1.29. The van der Waals surface area contributed by atoms with E-state index in [1.165, 1.54) is 17.8 Å². The maximum Gasteiger partial charge on any atom is 0.230 e. The van der Waals surface area contributed by atoms with E-state index in [9.17, 15) is 9.18 Å². The molecule has 0 spiro atoms. The third kappa shape index (κ3) is 5.62. The van der Waals surface area contributed by atoms with Gasteiger partial charge in [-0.05, 0) is 31.0 Å². The van der Waals surface area contributed by atoms with Gasteiger partial charge < -0.3 is 5.32 Å². The van der Waals surface area contributed by atoms with Crippen molar-refractivity contribution in [3.63, 3.8) is 0 Å². The van der Waals surface area contributed by atoms with E-state index in [2.05, 4.69) is 15.3 Å². The molecule has 6 heteroatoms. The lowest BCUT2D eigenvalue weighted by molar-refractivity contribution is -0.118. The first-order valence-corrected chi connectivity index (χ1v) is 9.64. The van der Waals surface area contributed by atoms with Crippen molar-refractivity contribution in [3.8, 4) is 11.3 Å². The van der Waals surface area contributed by atoms with Crippen LogP contribution in [0.2, 0.25) is 0 Å². The van der Waals surface area contributed by atoms with Crippen molar-refractivity contribution < 1.29 is 9.18 Å². The van der Waals surface area contributed by atoms with Crippen LogP contribution in [0.5, 0.6) is 0 Å². The Hall–Kier alpha value is -2.73. The number of thioether (sulfide) groups is 1. The van der Waals surface area contributed by atoms with Crippen molar-refractivity contribution in [1.82, 2.24) is 15.3 Å². The average Bonchev–Trinajstić information content (AvgIpc) is 2.68. The molecule has 0 bridgehead atoms. The lowest BCUT2D eigenvalue weighted by Gasteiger charge is -2.07. The van der Waals surface area contributed by atoms with Crippen LogP contribution in [0.15, 0.2) is 65.8 Å². The molecule has 138 valence electrons. The molecule has 3 rings (SSSR count). The summed E-state index contributed by atoms with van der Waals surface area (Å²) in [5, 5.41) is 3.38. The fourth-order valence-electron chi connectivity index (χ4n) is 2.58. The molecule has 27 heavy (non-hydrogen) atoms. The van der Waals surface area contributed by atoms with Crippen molar-refractivity contribution in [2.45, 2.75) is 18.5 Å². The minimum atomic E-state index is -0.247. The second kappa shape index (κ2) is 9.28. The summed E-state index contributed by atoms with van der Waals surface area (Å²) in [6, 6.07) is 18.4. The molecular weight excluding hydrogens is 361 g/mol. The highest BCUT2D eigenvalue weighted by Gasteiger charge is 2.09. The topological polar surface area (TPSA) is 54.9 Å². The molecule has 0 atom stereocenters. The number of rotatable bonds is 7. The van der Waals surface area contributed by atoms with E-state index in [1.54, 1.807) is 18.2 Å². The summed E-state index contributed by atoms with van der Waals surface area (Å²) in [5.41, 5.74) is 3.30. The molecule has 1 N–H and O–H groups in total. The fraction of sp³-hybridized carbons (Fsp3) is 0.190. The Morgan fingerprint density at radius 3 is 2.59 bits per heavy atom. The Labute approximate surface area is 162 Å². The van der Waals surface area contributed by atoms with E-state index in [0.717, 1.165) is 17.0 Å². The van der Waals surface area contributed by atoms with Crippen LogP contribution in [0.4, 0.5) is 4.39 Å². The number of nitrogens with zero attached hydrogens (tertiary/aromatic N) is 2. The van der Waals surface area contributed by atoms with Crippen LogP contribution in [0.1, 0.15) is 11.3 Å². The quantitative estimate of drug-likeness (QED) is 0.496. The SMILES string of the molecule is Cc1cc(-c2ccccc2)nc(SCC(=O)NCCc2ccccc2F)n1. The van der Waals surface area contributed by atoms with Gasteiger partial charge in [0.1, 0.15) is 5.82 Å². The van der Waals surface area contributed by atoms with E-state index in [4.69, 9.17) is 0 Å². The average molecular weight is 381 g/mol. The van der Waals surface area contributed by atoms with Gasteiger partial charge in [-0.1, -0.05) is 60.3 Å². The Kier molecular flexibility index (Phi) is 6.54. The molecule has 1 aromatic heterocycles. The number of aryl methyl sites for hydroxylation is 1. The van der Waals surface area contributed by atoms with Gasteiger partial charge in [0.2, 0.25) is 5.91 Å². The maximum atomic E-state index is 13.6. The van der Waals surface area contributed by atoms with Gasteiger partial charge in [0.15, 0.2) is 5.16 Å². The van der Waals surface area contributed by atoms with Gasteiger partial charge in [0.05, 0.1) is 11.4 Å². The number of nitrogens with one attached hydrogen (secondary N) is 1. The predicted octanol–water partition coefficient (Wildman–Crippen LogP) is 4.04. The Balaban J connectivity index is 1.53. The van der Waals surface area contributed by atoms with Gasteiger partial charge in [0.25, 0.3) is 0 Å². The molecule has 0 aliphatic carbocycles. The first-order valence-electron chi connectivity index (χ1n) is 8.66. The van der Waals surface area contributed by atoms with Crippen LogP contribution in [0.25, 0.3) is 11.3 Å². The van der Waals surface area contributed by atoms with E-state index in [0.29, 0.717) is 23.7 Å². The molecule has 3 aromatic rings. The molecule has 0 radical (unpaired) electrons. The zero-order chi connectivity index (χ0) is 19.1. The number of aromatic nitrogens is 2. The predicted molar refractivity (Wildman–Crippen MR) is 106 cm³/mol. The molecule has 4 nitrogen and oxygen atoms in total. The smallest absolute Gasteiger partial charge is 0.230 e. The van der Waals surface area contributed by atoms with E-state index in [-0.39, 0.29) is 17.5 Å². The molecule has 1 amide bonds. The number of amides is 1. The highest BCUT2D eigenvalue weighted by molar-refractivity contribution is 7.99. The molecule has 0 fully saturated rings.